The van der Waals surface area contributed by atoms with E-state index in [2.05, 4.69) is 10.4 Å². The van der Waals surface area contributed by atoms with E-state index in [4.69, 9.17) is 9.84 Å². The third kappa shape index (κ3) is 5.84. The normalized spacial score (nSPS) is 19.0. The van der Waals surface area contributed by atoms with Gasteiger partial charge in [-0.25, -0.2) is 4.79 Å². The summed E-state index contributed by atoms with van der Waals surface area (Å²) in [5, 5.41) is 16.6. The molecular formula is C16H28N4O3. The maximum Gasteiger partial charge on any atom is 0.410 e. The van der Waals surface area contributed by atoms with Crippen molar-refractivity contribution in [3.63, 3.8) is 0 Å². The van der Waals surface area contributed by atoms with E-state index in [1.54, 1.807) is 15.8 Å². The van der Waals surface area contributed by atoms with Crippen LogP contribution in [0.25, 0.3) is 0 Å². The van der Waals surface area contributed by atoms with Gasteiger partial charge in [-0.05, 0) is 33.6 Å². The molecule has 1 aromatic heterocycles. The van der Waals surface area contributed by atoms with E-state index >= 15 is 0 Å². The average molecular weight is 324 g/mol. The smallest absolute Gasteiger partial charge is 0.410 e. The van der Waals surface area contributed by atoms with E-state index in [1.165, 1.54) is 0 Å². The number of aliphatic hydroxyl groups excluding tert-OH is 1. The maximum atomic E-state index is 12.1. The Kier molecular flexibility index (Phi) is 6.01. The molecule has 130 valence electrons. The molecular weight excluding hydrogens is 296 g/mol. The number of piperidine rings is 1. The molecule has 1 amide bonds. The lowest BCUT2D eigenvalue weighted by atomic mass is 10.1. The van der Waals surface area contributed by atoms with E-state index in [9.17, 15) is 4.79 Å². The van der Waals surface area contributed by atoms with Gasteiger partial charge in [0.1, 0.15) is 5.60 Å². The van der Waals surface area contributed by atoms with Crippen LogP contribution in [0.5, 0.6) is 0 Å². The number of nitrogens with one attached hydrogen (secondary N) is 1. The van der Waals surface area contributed by atoms with Crippen LogP contribution in [-0.4, -0.2) is 57.2 Å². The Morgan fingerprint density at radius 1 is 1.52 bits per heavy atom. The first kappa shape index (κ1) is 17.7. The quantitative estimate of drug-likeness (QED) is 0.855. The molecule has 1 unspecified atom stereocenters. The summed E-state index contributed by atoms with van der Waals surface area (Å²) in [6.07, 6.45) is 5.51. The number of aromatic nitrogens is 2. The number of likely N-dealkylation sites (tertiary alicyclic amines) is 1. The minimum Gasteiger partial charge on any atom is -0.444 e. The fraction of sp³-hybridized carbons (Fsp3) is 0.750. The van der Waals surface area contributed by atoms with E-state index in [1.807, 2.05) is 27.0 Å². The third-order valence-corrected chi connectivity index (χ3v) is 3.68. The number of rotatable bonds is 5. The Labute approximate surface area is 137 Å². The summed E-state index contributed by atoms with van der Waals surface area (Å²) in [5.41, 5.74) is 0.617. The molecule has 0 bridgehead atoms. The molecule has 2 N–H and O–H groups in total. The summed E-state index contributed by atoms with van der Waals surface area (Å²) in [7, 11) is 0. The molecule has 0 radical (unpaired) electrons. The molecule has 1 aliphatic rings. The van der Waals surface area contributed by atoms with Gasteiger partial charge in [0, 0.05) is 37.4 Å². The van der Waals surface area contributed by atoms with Gasteiger partial charge in [0.2, 0.25) is 0 Å². The van der Waals surface area contributed by atoms with Crippen molar-refractivity contribution in [1.82, 2.24) is 20.0 Å². The third-order valence-electron chi connectivity index (χ3n) is 3.68. The summed E-state index contributed by atoms with van der Waals surface area (Å²) in [4.78, 5) is 13.9. The zero-order valence-corrected chi connectivity index (χ0v) is 14.3. The molecule has 1 aliphatic heterocycles. The molecule has 23 heavy (non-hydrogen) atoms. The van der Waals surface area contributed by atoms with Crippen molar-refractivity contribution in [1.29, 1.82) is 0 Å². The van der Waals surface area contributed by atoms with Gasteiger partial charge in [0.15, 0.2) is 0 Å². The van der Waals surface area contributed by atoms with Crippen LogP contribution >= 0.6 is 0 Å². The maximum absolute atomic E-state index is 12.1. The Hall–Kier alpha value is -1.60. The molecule has 2 rings (SSSR count). The molecule has 0 aliphatic carbocycles. The highest BCUT2D eigenvalue weighted by Crippen LogP contribution is 2.15. The standard InChI is InChI=1S/C16H28N4O3/c1-16(2,3)23-15(22)19-6-4-5-14(12-19)17-9-13-10-18-20(11-13)7-8-21/h10-11,14,17,21H,4-9,12H2,1-3H3. The summed E-state index contributed by atoms with van der Waals surface area (Å²) >= 11 is 0. The number of hydrogen-bond acceptors (Lipinski definition) is 5. The Morgan fingerprint density at radius 3 is 3.00 bits per heavy atom. The highest BCUT2D eigenvalue weighted by molar-refractivity contribution is 5.68. The zero-order valence-electron chi connectivity index (χ0n) is 14.3. The molecule has 1 saturated heterocycles. The molecule has 1 aromatic rings. The summed E-state index contributed by atoms with van der Waals surface area (Å²) in [6.45, 7) is 8.37. The van der Waals surface area contributed by atoms with Crippen LogP contribution in [0.15, 0.2) is 12.4 Å². The zero-order chi connectivity index (χ0) is 16.9. The van der Waals surface area contributed by atoms with E-state index in [-0.39, 0.29) is 18.7 Å². The second kappa shape index (κ2) is 7.79. The Morgan fingerprint density at radius 2 is 2.30 bits per heavy atom. The number of nitrogens with zero attached hydrogens (tertiary/aromatic N) is 3. The monoisotopic (exact) mass is 324 g/mol. The minimum absolute atomic E-state index is 0.0853. The molecule has 2 heterocycles. The Bertz CT molecular complexity index is 510. The largest absolute Gasteiger partial charge is 0.444 e. The second-order valence-corrected chi connectivity index (χ2v) is 6.98. The van der Waals surface area contributed by atoms with Crippen LogP contribution in [-0.2, 0) is 17.8 Å². The highest BCUT2D eigenvalue weighted by Gasteiger charge is 2.27. The van der Waals surface area contributed by atoms with Gasteiger partial charge in [-0.3, -0.25) is 4.68 Å². The van der Waals surface area contributed by atoms with Gasteiger partial charge in [-0.1, -0.05) is 0 Å². The number of aliphatic hydroxyl groups is 1. The number of hydrogen-bond donors (Lipinski definition) is 2. The van der Waals surface area contributed by atoms with Crippen LogP contribution in [0.3, 0.4) is 0 Å². The fourth-order valence-corrected chi connectivity index (χ4v) is 2.62. The van der Waals surface area contributed by atoms with Crippen molar-refractivity contribution in [2.45, 2.75) is 58.3 Å². The van der Waals surface area contributed by atoms with Crippen molar-refractivity contribution in [3.05, 3.63) is 18.0 Å². The summed E-state index contributed by atoms with van der Waals surface area (Å²) in [5.74, 6) is 0. The van der Waals surface area contributed by atoms with Crippen LogP contribution < -0.4 is 5.32 Å². The van der Waals surface area contributed by atoms with Gasteiger partial charge >= 0.3 is 6.09 Å². The number of amides is 1. The SMILES string of the molecule is CC(C)(C)OC(=O)N1CCCC(NCc2cnn(CCO)c2)C1. The first-order valence-electron chi connectivity index (χ1n) is 8.21. The second-order valence-electron chi connectivity index (χ2n) is 6.98. The molecule has 0 spiro atoms. The van der Waals surface area contributed by atoms with Crippen LogP contribution in [0, 0.1) is 0 Å². The molecule has 1 atom stereocenters. The molecule has 1 fully saturated rings. The van der Waals surface area contributed by atoms with Crippen molar-refractivity contribution in [2.75, 3.05) is 19.7 Å². The lowest BCUT2D eigenvalue weighted by Crippen LogP contribution is -2.49. The number of carbonyl (C=O) groups is 1. The van der Waals surface area contributed by atoms with E-state index in [0.717, 1.165) is 24.9 Å². The van der Waals surface area contributed by atoms with E-state index < -0.39 is 5.60 Å². The van der Waals surface area contributed by atoms with Crippen LogP contribution in [0.1, 0.15) is 39.2 Å². The molecule has 7 heteroatoms. The first-order chi connectivity index (χ1) is 10.9. The van der Waals surface area contributed by atoms with E-state index in [0.29, 0.717) is 19.6 Å². The van der Waals surface area contributed by atoms with Crippen molar-refractivity contribution >= 4 is 6.09 Å². The summed E-state index contributed by atoms with van der Waals surface area (Å²) < 4.78 is 7.17. The predicted octanol–water partition coefficient (Wildman–Crippen LogP) is 1.36. The lowest BCUT2D eigenvalue weighted by Gasteiger charge is -2.34. The van der Waals surface area contributed by atoms with Crippen LogP contribution in [0.4, 0.5) is 4.79 Å². The summed E-state index contributed by atoms with van der Waals surface area (Å²) in [6, 6.07) is 0.262. The highest BCUT2D eigenvalue weighted by atomic mass is 16.6. The van der Waals surface area contributed by atoms with Crippen LogP contribution in [0.2, 0.25) is 0 Å². The minimum atomic E-state index is -0.460. The first-order valence-corrected chi connectivity index (χ1v) is 8.21. The topological polar surface area (TPSA) is 79.6 Å². The average Bonchev–Trinajstić information content (AvgIpc) is 2.92. The van der Waals surface area contributed by atoms with Gasteiger partial charge < -0.3 is 20.1 Å². The van der Waals surface area contributed by atoms with Crippen molar-refractivity contribution < 1.29 is 14.6 Å². The van der Waals surface area contributed by atoms with Gasteiger partial charge in [-0.2, -0.15) is 5.10 Å². The predicted molar refractivity (Wildman–Crippen MR) is 87.0 cm³/mol. The van der Waals surface area contributed by atoms with Gasteiger partial charge in [0.05, 0.1) is 19.3 Å². The number of ether oxygens (including phenoxy) is 1. The molecule has 7 nitrogen and oxygen atoms in total. The molecule has 0 saturated carbocycles. The van der Waals surface area contributed by atoms with Crippen molar-refractivity contribution in [2.24, 2.45) is 0 Å². The van der Waals surface area contributed by atoms with Crippen molar-refractivity contribution in [3.8, 4) is 0 Å². The number of carbonyl (C=O) groups excluding carboxylic acids is 1. The Balaban J connectivity index is 1.80. The molecule has 0 aromatic carbocycles. The lowest BCUT2D eigenvalue weighted by molar-refractivity contribution is 0.0187. The van der Waals surface area contributed by atoms with Gasteiger partial charge in [0.25, 0.3) is 0 Å². The fourth-order valence-electron chi connectivity index (χ4n) is 2.62. The van der Waals surface area contributed by atoms with Gasteiger partial charge in [-0.15, -0.1) is 0 Å².